The van der Waals surface area contributed by atoms with Gasteiger partial charge in [0.25, 0.3) is 0 Å². The highest BCUT2D eigenvalue weighted by atomic mass is 16.2. The Labute approximate surface area is 222 Å². The molecular weight excluding hydrogens is 456 g/mol. The van der Waals surface area contributed by atoms with Gasteiger partial charge in [0.05, 0.1) is 0 Å². The zero-order chi connectivity index (χ0) is 26.0. The van der Waals surface area contributed by atoms with E-state index in [1.165, 1.54) is 17.6 Å². The lowest BCUT2D eigenvalue weighted by molar-refractivity contribution is -0.125. The number of nitrogens with one attached hydrogen (secondary N) is 1. The first-order valence-corrected chi connectivity index (χ1v) is 14.1. The molecule has 1 unspecified atom stereocenters. The van der Waals surface area contributed by atoms with Gasteiger partial charge in [0.1, 0.15) is 5.78 Å². The summed E-state index contributed by atoms with van der Waals surface area (Å²) in [6.07, 6.45) is 14.9. The highest BCUT2D eigenvalue weighted by Crippen LogP contribution is 2.40. The van der Waals surface area contributed by atoms with Gasteiger partial charge in [0.2, 0.25) is 0 Å². The Morgan fingerprint density at radius 1 is 1.00 bits per heavy atom. The summed E-state index contributed by atoms with van der Waals surface area (Å²) < 4.78 is 0. The minimum atomic E-state index is -0.0767. The predicted molar refractivity (Wildman–Crippen MR) is 153 cm³/mol. The van der Waals surface area contributed by atoms with Crippen LogP contribution in [0.1, 0.15) is 82.3 Å². The summed E-state index contributed by atoms with van der Waals surface area (Å²) in [5.41, 5.74) is 4.51. The van der Waals surface area contributed by atoms with Crippen LogP contribution in [0.4, 0.5) is 10.5 Å². The van der Waals surface area contributed by atoms with Crippen molar-refractivity contribution in [3.8, 4) is 0 Å². The van der Waals surface area contributed by atoms with Gasteiger partial charge >= 0.3 is 6.03 Å². The third-order valence-electron chi connectivity index (χ3n) is 7.87. The zero-order valence-electron chi connectivity index (χ0n) is 22.5. The fourth-order valence-electron chi connectivity index (χ4n) is 5.82. The molecule has 37 heavy (non-hydrogen) atoms. The first kappa shape index (κ1) is 26.9. The molecule has 0 saturated heterocycles. The lowest BCUT2D eigenvalue weighted by atomic mass is 9.71. The van der Waals surface area contributed by atoms with Crippen LogP contribution in [0.2, 0.25) is 0 Å². The van der Waals surface area contributed by atoms with E-state index in [2.05, 4.69) is 61.7 Å². The molecule has 0 aliphatic heterocycles. The van der Waals surface area contributed by atoms with Crippen LogP contribution >= 0.6 is 0 Å². The summed E-state index contributed by atoms with van der Waals surface area (Å²) in [4.78, 5) is 28.2. The van der Waals surface area contributed by atoms with Gasteiger partial charge in [-0.05, 0) is 72.8 Å². The normalized spacial score (nSPS) is 20.1. The van der Waals surface area contributed by atoms with Gasteiger partial charge in [0, 0.05) is 31.1 Å². The Morgan fingerprint density at radius 3 is 2.46 bits per heavy atom. The van der Waals surface area contributed by atoms with Crippen molar-refractivity contribution in [3.63, 3.8) is 0 Å². The average Bonchev–Trinajstić information content (AvgIpc) is 2.94. The van der Waals surface area contributed by atoms with Crippen LogP contribution in [-0.2, 0) is 11.3 Å². The first-order chi connectivity index (χ1) is 18.0. The van der Waals surface area contributed by atoms with Gasteiger partial charge < -0.3 is 10.2 Å². The second-order valence-corrected chi connectivity index (χ2v) is 10.7. The van der Waals surface area contributed by atoms with Gasteiger partial charge in [-0.2, -0.15) is 0 Å². The molecule has 1 saturated carbocycles. The number of carbonyl (C=O) groups is 2. The number of rotatable bonds is 10. The van der Waals surface area contributed by atoms with E-state index >= 15 is 0 Å². The number of benzene rings is 2. The smallest absolute Gasteiger partial charge is 0.320 e. The number of Topliss-reactive ketones (excluding diaryl/α,β-unsaturated/α-hetero) is 1. The van der Waals surface area contributed by atoms with E-state index in [0.29, 0.717) is 37.1 Å². The molecule has 2 amide bonds. The lowest BCUT2D eigenvalue weighted by Crippen LogP contribution is -2.35. The Kier molecular flexibility index (Phi) is 9.76. The summed E-state index contributed by atoms with van der Waals surface area (Å²) in [5, 5.41) is 3.01. The van der Waals surface area contributed by atoms with E-state index in [1.807, 2.05) is 35.2 Å². The minimum absolute atomic E-state index is 0.0767. The second kappa shape index (κ2) is 13.4. The quantitative estimate of drug-likeness (QED) is 0.358. The number of carbonyl (C=O) groups excluding carboxylic acids is 2. The van der Waals surface area contributed by atoms with E-state index in [9.17, 15) is 9.59 Å². The van der Waals surface area contributed by atoms with Crippen LogP contribution < -0.4 is 5.32 Å². The lowest BCUT2D eigenvalue weighted by Gasteiger charge is -2.32. The van der Waals surface area contributed by atoms with Crippen LogP contribution in [-0.4, -0.2) is 23.3 Å². The number of urea groups is 1. The Balaban J connectivity index is 1.40. The minimum Gasteiger partial charge on any atom is -0.320 e. The summed E-state index contributed by atoms with van der Waals surface area (Å²) in [5.74, 6) is 1.13. The highest BCUT2D eigenvalue weighted by molar-refractivity contribution is 5.89. The summed E-state index contributed by atoms with van der Waals surface area (Å²) in [6.45, 7) is 5.56. The molecule has 0 heterocycles. The molecule has 1 N–H and O–H groups in total. The SMILES string of the molecule is CCCN(Cc1ccc([C@@H]2CCCCC2C(=O)C[C@@H](C)C2=CCCC=C2)cc1)C(=O)Nc1ccccc1. The molecule has 0 radical (unpaired) electrons. The highest BCUT2D eigenvalue weighted by Gasteiger charge is 2.32. The number of para-hydroxylation sites is 1. The number of nitrogens with zero attached hydrogens (tertiary/aromatic N) is 1. The molecule has 4 rings (SSSR count). The maximum atomic E-state index is 13.4. The van der Waals surface area contributed by atoms with E-state index in [0.717, 1.165) is 49.8 Å². The molecule has 2 aromatic rings. The molecule has 0 aromatic heterocycles. The molecule has 0 spiro atoms. The van der Waals surface area contributed by atoms with Gasteiger partial charge in [-0.3, -0.25) is 4.79 Å². The van der Waals surface area contributed by atoms with Crippen molar-refractivity contribution in [2.45, 2.75) is 77.7 Å². The van der Waals surface area contributed by atoms with Crippen molar-refractivity contribution in [1.82, 2.24) is 4.90 Å². The standard InChI is InChI=1S/C33H42N2O2/c1-3-22-35(33(37)34-29-14-8-5-9-15-29)24-26-18-20-28(21-19-26)30-16-10-11-17-31(30)32(36)23-25(2)27-12-6-4-7-13-27/h5-6,8-9,12-15,18-21,25,30-31H,3-4,7,10-11,16-17,22-24H2,1-2H3,(H,34,37)/t25-,30+,31?/m1/s1. The number of anilines is 1. The second-order valence-electron chi connectivity index (χ2n) is 10.7. The molecule has 2 aliphatic rings. The number of hydrogen-bond acceptors (Lipinski definition) is 2. The average molecular weight is 499 g/mol. The van der Waals surface area contributed by atoms with Crippen molar-refractivity contribution >= 4 is 17.5 Å². The predicted octanol–water partition coefficient (Wildman–Crippen LogP) is 8.28. The maximum Gasteiger partial charge on any atom is 0.322 e. The largest absolute Gasteiger partial charge is 0.322 e. The topological polar surface area (TPSA) is 49.4 Å². The van der Waals surface area contributed by atoms with Gasteiger partial charge in [0.15, 0.2) is 0 Å². The molecule has 1 fully saturated rings. The molecular formula is C33H42N2O2. The number of hydrogen-bond donors (Lipinski definition) is 1. The van der Waals surface area contributed by atoms with Gasteiger partial charge in [-0.1, -0.05) is 87.4 Å². The monoisotopic (exact) mass is 498 g/mol. The van der Waals surface area contributed by atoms with Crippen molar-refractivity contribution in [2.24, 2.45) is 11.8 Å². The van der Waals surface area contributed by atoms with E-state index in [4.69, 9.17) is 0 Å². The van der Waals surface area contributed by atoms with Crippen molar-refractivity contribution in [1.29, 1.82) is 0 Å². The molecule has 0 bridgehead atoms. The fourth-order valence-corrected chi connectivity index (χ4v) is 5.82. The van der Waals surface area contributed by atoms with E-state index in [1.54, 1.807) is 0 Å². The summed E-state index contributed by atoms with van der Waals surface area (Å²) in [6, 6.07) is 18.2. The summed E-state index contributed by atoms with van der Waals surface area (Å²) in [7, 11) is 0. The van der Waals surface area contributed by atoms with Crippen molar-refractivity contribution < 1.29 is 9.59 Å². The van der Waals surface area contributed by atoms with Crippen molar-refractivity contribution in [2.75, 3.05) is 11.9 Å². The van der Waals surface area contributed by atoms with Crippen LogP contribution in [0.3, 0.4) is 0 Å². The van der Waals surface area contributed by atoms with E-state index in [-0.39, 0.29) is 11.9 Å². The maximum absolute atomic E-state index is 13.4. The number of ketones is 1. The third kappa shape index (κ3) is 7.44. The van der Waals surface area contributed by atoms with Crippen LogP contribution in [0, 0.1) is 11.8 Å². The Hall–Kier alpha value is -3.14. The van der Waals surface area contributed by atoms with Gasteiger partial charge in [-0.25, -0.2) is 4.79 Å². The molecule has 2 aliphatic carbocycles. The fraction of sp³-hybridized carbons (Fsp3) is 0.455. The Morgan fingerprint density at radius 2 is 1.76 bits per heavy atom. The molecule has 4 heteroatoms. The molecule has 3 atom stereocenters. The van der Waals surface area contributed by atoms with Crippen molar-refractivity contribution in [3.05, 3.63) is 89.5 Å². The number of amides is 2. The van der Waals surface area contributed by atoms with Crippen LogP contribution in [0.25, 0.3) is 0 Å². The molecule has 4 nitrogen and oxygen atoms in total. The molecule has 2 aromatic carbocycles. The van der Waals surface area contributed by atoms with Crippen LogP contribution in [0.5, 0.6) is 0 Å². The zero-order valence-corrected chi connectivity index (χ0v) is 22.5. The Bertz CT molecular complexity index is 1090. The number of allylic oxidation sites excluding steroid dienone is 4. The van der Waals surface area contributed by atoms with Gasteiger partial charge in [-0.15, -0.1) is 0 Å². The van der Waals surface area contributed by atoms with E-state index < -0.39 is 0 Å². The molecule has 196 valence electrons. The first-order valence-electron chi connectivity index (χ1n) is 14.1. The summed E-state index contributed by atoms with van der Waals surface area (Å²) >= 11 is 0. The van der Waals surface area contributed by atoms with Crippen LogP contribution in [0.15, 0.2) is 78.4 Å². The third-order valence-corrected chi connectivity index (χ3v) is 7.87.